The number of rotatable bonds is 4. The summed E-state index contributed by atoms with van der Waals surface area (Å²) in [4.78, 5) is 13.5. The number of amides is 1. The van der Waals surface area contributed by atoms with E-state index in [-0.39, 0.29) is 18.1 Å². The Morgan fingerprint density at radius 3 is 2.87 bits per heavy atom. The van der Waals surface area contributed by atoms with E-state index in [4.69, 9.17) is 4.74 Å². The smallest absolute Gasteiger partial charge is 0.239 e. The largest absolute Gasteiger partial charge is 0.394 e. The Hall–Kier alpha value is -0.650. The van der Waals surface area contributed by atoms with E-state index in [2.05, 4.69) is 5.32 Å². The molecule has 1 atom stereocenters. The minimum Gasteiger partial charge on any atom is -0.394 e. The van der Waals surface area contributed by atoms with Crippen LogP contribution in [0.1, 0.15) is 13.8 Å². The summed E-state index contributed by atoms with van der Waals surface area (Å²) in [5, 5.41) is 12.0. The SMILES string of the molecule is COCCN1C(CO)C(=O)NCC1(C)C. The first kappa shape index (κ1) is 12.4. The second-order valence-corrected chi connectivity index (χ2v) is 4.41. The van der Waals surface area contributed by atoms with Crippen molar-refractivity contribution in [2.24, 2.45) is 0 Å². The lowest BCUT2D eigenvalue weighted by atomic mass is 9.96. The minimum atomic E-state index is -0.455. The molecule has 1 amide bonds. The number of carbonyl (C=O) groups excluding carboxylic acids is 1. The van der Waals surface area contributed by atoms with Gasteiger partial charge in [0.1, 0.15) is 6.04 Å². The second kappa shape index (κ2) is 4.92. The Labute approximate surface area is 90.4 Å². The number of aliphatic hydroxyl groups is 1. The van der Waals surface area contributed by atoms with Gasteiger partial charge in [0, 0.05) is 25.7 Å². The Morgan fingerprint density at radius 1 is 1.67 bits per heavy atom. The molecule has 0 aromatic heterocycles. The van der Waals surface area contributed by atoms with Crippen LogP contribution >= 0.6 is 0 Å². The number of hydrogen-bond donors (Lipinski definition) is 2. The highest BCUT2D eigenvalue weighted by Crippen LogP contribution is 2.20. The van der Waals surface area contributed by atoms with Crippen LogP contribution in [0.2, 0.25) is 0 Å². The fourth-order valence-corrected chi connectivity index (χ4v) is 1.92. The van der Waals surface area contributed by atoms with Crippen LogP contribution in [-0.2, 0) is 9.53 Å². The molecule has 1 aliphatic heterocycles. The Kier molecular flexibility index (Phi) is 4.07. The highest BCUT2D eigenvalue weighted by Gasteiger charge is 2.40. The van der Waals surface area contributed by atoms with Gasteiger partial charge in [0.2, 0.25) is 5.91 Å². The third-order valence-corrected chi connectivity index (χ3v) is 2.86. The fraction of sp³-hybridized carbons (Fsp3) is 0.900. The lowest BCUT2D eigenvalue weighted by Gasteiger charge is -2.46. The molecule has 15 heavy (non-hydrogen) atoms. The van der Waals surface area contributed by atoms with Crippen molar-refractivity contribution in [1.29, 1.82) is 0 Å². The van der Waals surface area contributed by atoms with Crippen molar-refractivity contribution in [3.8, 4) is 0 Å². The van der Waals surface area contributed by atoms with Gasteiger partial charge in [-0.2, -0.15) is 0 Å². The molecule has 0 aromatic rings. The number of aliphatic hydroxyl groups excluding tert-OH is 1. The normalized spacial score (nSPS) is 26.4. The third-order valence-electron chi connectivity index (χ3n) is 2.86. The molecule has 2 N–H and O–H groups in total. The van der Waals surface area contributed by atoms with Crippen molar-refractivity contribution in [1.82, 2.24) is 10.2 Å². The van der Waals surface area contributed by atoms with Crippen LogP contribution in [-0.4, -0.2) is 60.9 Å². The molecule has 0 aliphatic carbocycles. The molecule has 5 nitrogen and oxygen atoms in total. The molecule has 1 heterocycles. The zero-order chi connectivity index (χ0) is 11.5. The maximum atomic E-state index is 11.5. The van der Waals surface area contributed by atoms with Crippen molar-refractivity contribution in [2.45, 2.75) is 25.4 Å². The molecule has 0 saturated carbocycles. The summed E-state index contributed by atoms with van der Waals surface area (Å²) in [5.74, 6) is -0.104. The number of methoxy groups -OCH3 is 1. The average Bonchev–Trinajstić information content (AvgIpc) is 2.19. The number of nitrogens with one attached hydrogen (secondary N) is 1. The van der Waals surface area contributed by atoms with Gasteiger partial charge in [-0.25, -0.2) is 0 Å². The molecule has 1 saturated heterocycles. The Bertz CT molecular complexity index is 231. The fourth-order valence-electron chi connectivity index (χ4n) is 1.92. The maximum Gasteiger partial charge on any atom is 0.239 e. The number of hydrogen-bond acceptors (Lipinski definition) is 4. The predicted octanol–water partition coefficient (Wildman–Crippen LogP) is -0.796. The van der Waals surface area contributed by atoms with Gasteiger partial charge in [-0.1, -0.05) is 0 Å². The van der Waals surface area contributed by atoms with E-state index in [1.807, 2.05) is 18.7 Å². The summed E-state index contributed by atoms with van der Waals surface area (Å²) in [6.45, 7) is 5.76. The van der Waals surface area contributed by atoms with E-state index < -0.39 is 6.04 Å². The Balaban J connectivity index is 2.74. The number of carbonyl (C=O) groups is 1. The number of nitrogens with zero attached hydrogens (tertiary/aromatic N) is 1. The molecule has 0 bridgehead atoms. The third kappa shape index (κ3) is 2.68. The molecule has 5 heteroatoms. The van der Waals surface area contributed by atoms with E-state index >= 15 is 0 Å². The highest BCUT2D eigenvalue weighted by atomic mass is 16.5. The molecule has 1 fully saturated rings. The van der Waals surface area contributed by atoms with E-state index in [9.17, 15) is 9.90 Å². The van der Waals surface area contributed by atoms with Gasteiger partial charge in [-0.15, -0.1) is 0 Å². The van der Waals surface area contributed by atoms with E-state index in [0.29, 0.717) is 19.7 Å². The molecule has 88 valence electrons. The van der Waals surface area contributed by atoms with Gasteiger partial charge in [-0.3, -0.25) is 9.69 Å². The van der Waals surface area contributed by atoms with Gasteiger partial charge in [0.05, 0.1) is 13.2 Å². The van der Waals surface area contributed by atoms with Gasteiger partial charge in [-0.05, 0) is 13.8 Å². The minimum absolute atomic E-state index is 0.104. The molecule has 0 radical (unpaired) electrons. The average molecular weight is 216 g/mol. The zero-order valence-corrected chi connectivity index (χ0v) is 9.62. The lowest BCUT2D eigenvalue weighted by Crippen LogP contribution is -2.67. The molecule has 1 aliphatic rings. The highest BCUT2D eigenvalue weighted by molar-refractivity contribution is 5.83. The monoisotopic (exact) mass is 216 g/mol. The summed E-state index contributed by atoms with van der Waals surface area (Å²) in [6.07, 6.45) is 0. The van der Waals surface area contributed by atoms with Gasteiger partial charge < -0.3 is 15.2 Å². The summed E-state index contributed by atoms with van der Waals surface area (Å²) in [7, 11) is 1.63. The molecular weight excluding hydrogens is 196 g/mol. The van der Waals surface area contributed by atoms with Crippen molar-refractivity contribution in [3.05, 3.63) is 0 Å². The van der Waals surface area contributed by atoms with Crippen LogP contribution in [0.3, 0.4) is 0 Å². The van der Waals surface area contributed by atoms with Crippen molar-refractivity contribution >= 4 is 5.91 Å². The van der Waals surface area contributed by atoms with Gasteiger partial charge in [0.15, 0.2) is 0 Å². The van der Waals surface area contributed by atoms with Crippen LogP contribution in [0.5, 0.6) is 0 Å². The summed E-state index contributed by atoms with van der Waals surface area (Å²) < 4.78 is 5.01. The van der Waals surface area contributed by atoms with Crippen molar-refractivity contribution < 1.29 is 14.6 Å². The predicted molar refractivity (Wildman–Crippen MR) is 56.5 cm³/mol. The first-order valence-electron chi connectivity index (χ1n) is 5.17. The van der Waals surface area contributed by atoms with E-state index in [1.165, 1.54) is 0 Å². The van der Waals surface area contributed by atoms with Crippen molar-refractivity contribution in [3.63, 3.8) is 0 Å². The first-order chi connectivity index (χ1) is 7.03. The molecule has 0 aromatic carbocycles. The van der Waals surface area contributed by atoms with Crippen molar-refractivity contribution in [2.75, 3.05) is 33.4 Å². The van der Waals surface area contributed by atoms with Crippen LogP contribution in [0.15, 0.2) is 0 Å². The summed E-state index contributed by atoms with van der Waals surface area (Å²) >= 11 is 0. The zero-order valence-electron chi connectivity index (χ0n) is 9.62. The topological polar surface area (TPSA) is 61.8 Å². The van der Waals surface area contributed by atoms with Gasteiger partial charge in [0.25, 0.3) is 0 Å². The second-order valence-electron chi connectivity index (χ2n) is 4.41. The quantitative estimate of drug-likeness (QED) is 0.646. The molecule has 0 spiro atoms. The van der Waals surface area contributed by atoms with Gasteiger partial charge >= 0.3 is 0 Å². The summed E-state index contributed by atoms with van der Waals surface area (Å²) in [6, 6.07) is -0.455. The van der Waals surface area contributed by atoms with Crippen LogP contribution in [0, 0.1) is 0 Å². The standard InChI is InChI=1S/C10H20N2O3/c1-10(2)7-11-9(14)8(6-13)12(10)4-5-15-3/h8,13H,4-7H2,1-3H3,(H,11,14). The van der Waals surface area contributed by atoms with Crippen LogP contribution in [0.4, 0.5) is 0 Å². The molecule has 1 unspecified atom stereocenters. The Morgan fingerprint density at radius 2 is 2.33 bits per heavy atom. The van der Waals surface area contributed by atoms with E-state index in [0.717, 1.165) is 0 Å². The maximum absolute atomic E-state index is 11.5. The van der Waals surface area contributed by atoms with Crippen LogP contribution in [0.25, 0.3) is 0 Å². The van der Waals surface area contributed by atoms with E-state index in [1.54, 1.807) is 7.11 Å². The molecule has 1 rings (SSSR count). The first-order valence-corrected chi connectivity index (χ1v) is 5.17. The molecular formula is C10H20N2O3. The lowest BCUT2D eigenvalue weighted by molar-refractivity contribution is -0.137. The summed E-state index contributed by atoms with van der Waals surface area (Å²) in [5.41, 5.74) is -0.139. The number of piperazine rings is 1. The number of ether oxygens (including phenoxy) is 1. The van der Waals surface area contributed by atoms with Crippen LogP contribution < -0.4 is 5.32 Å².